The smallest absolute Gasteiger partial charge is 0.260 e. The zero-order valence-corrected chi connectivity index (χ0v) is 15.3. The number of hydrogen-bond acceptors (Lipinski definition) is 3. The van der Waals surface area contributed by atoms with Crippen molar-refractivity contribution in [1.29, 1.82) is 0 Å². The number of hydrogen-bond donors (Lipinski definition) is 1. The van der Waals surface area contributed by atoms with Gasteiger partial charge in [-0.2, -0.15) is 0 Å². The van der Waals surface area contributed by atoms with Crippen molar-refractivity contribution in [1.82, 2.24) is 4.98 Å². The van der Waals surface area contributed by atoms with E-state index in [0.717, 1.165) is 28.0 Å². The minimum absolute atomic E-state index is 0.00922. The first-order chi connectivity index (χ1) is 13.0. The van der Waals surface area contributed by atoms with Gasteiger partial charge in [-0.15, -0.1) is 0 Å². The molecule has 0 radical (unpaired) electrons. The van der Waals surface area contributed by atoms with E-state index >= 15 is 0 Å². The average Bonchev–Trinajstić information content (AvgIpc) is 3.01. The lowest BCUT2D eigenvalue weighted by atomic mass is 9.99. The second-order valence-corrected chi connectivity index (χ2v) is 7.24. The van der Waals surface area contributed by atoms with Gasteiger partial charge in [-0.05, 0) is 42.8 Å². The predicted molar refractivity (Wildman–Crippen MR) is 102 cm³/mol. The molecular formula is C21H14ClFN2O2. The van der Waals surface area contributed by atoms with Crippen LogP contribution in [-0.2, 0) is 0 Å². The summed E-state index contributed by atoms with van der Waals surface area (Å²) in [6.45, 7) is 3.99. The van der Waals surface area contributed by atoms with Crippen molar-refractivity contribution in [2.75, 3.05) is 5.32 Å². The zero-order chi connectivity index (χ0) is 18.9. The number of nitrogens with one attached hydrogen (secondary N) is 1. The highest BCUT2D eigenvalue weighted by atomic mass is 35.5. The number of anilines is 1. The molecule has 2 bridgehead atoms. The first-order valence-electron chi connectivity index (χ1n) is 8.56. The first-order valence-corrected chi connectivity index (χ1v) is 8.94. The van der Waals surface area contributed by atoms with Gasteiger partial charge in [0, 0.05) is 40.2 Å². The lowest BCUT2D eigenvalue weighted by Crippen LogP contribution is -2.13. The fourth-order valence-electron chi connectivity index (χ4n) is 3.74. The number of fused-ring (bicyclic) bond motifs is 5. The predicted octanol–water partition coefficient (Wildman–Crippen LogP) is 5.75. The number of furan rings is 2. The Kier molecular flexibility index (Phi) is 3.34. The maximum absolute atomic E-state index is 13.7. The largest absolute Gasteiger partial charge is 0.455 e. The standard InChI is InChI=1S/C21H14ClFN2O2/c1-9-7-11(5-6-24-9)17-18(20-16-10(2)15(16)19(17)27-20)21(26)25-12-3-4-13(22)14(23)8-12/h3-8,10H,1-2H3,(H,25,26)/t10-/m1/s1. The number of halogens is 2. The van der Waals surface area contributed by atoms with E-state index in [2.05, 4.69) is 17.2 Å². The molecule has 1 amide bonds. The molecule has 1 aliphatic rings. The lowest BCUT2D eigenvalue weighted by molar-refractivity contribution is 0.102. The molecule has 134 valence electrons. The van der Waals surface area contributed by atoms with Crippen molar-refractivity contribution < 1.29 is 13.6 Å². The van der Waals surface area contributed by atoms with E-state index < -0.39 is 5.82 Å². The molecule has 0 aliphatic heterocycles. The maximum atomic E-state index is 13.7. The second kappa shape index (κ2) is 5.54. The number of pyridine rings is 1. The molecule has 27 heavy (non-hydrogen) atoms. The highest BCUT2D eigenvalue weighted by Gasteiger charge is 2.44. The average molecular weight is 381 g/mol. The molecule has 1 N–H and O–H groups in total. The van der Waals surface area contributed by atoms with Gasteiger partial charge < -0.3 is 9.73 Å². The molecule has 0 fully saturated rings. The van der Waals surface area contributed by atoms with Gasteiger partial charge in [-0.1, -0.05) is 18.5 Å². The van der Waals surface area contributed by atoms with Crippen LogP contribution in [0.2, 0.25) is 5.02 Å². The van der Waals surface area contributed by atoms with E-state index in [1.54, 1.807) is 12.3 Å². The van der Waals surface area contributed by atoms with Crippen molar-refractivity contribution in [3.05, 3.63) is 69.8 Å². The van der Waals surface area contributed by atoms with Crippen LogP contribution in [0.1, 0.15) is 40.0 Å². The summed E-state index contributed by atoms with van der Waals surface area (Å²) >= 11 is 5.72. The van der Waals surface area contributed by atoms with E-state index in [1.807, 2.05) is 19.1 Å². The Bertz CT molecular complexity index is 1230. The van der Waals surface area contributed by atoms with Gasteiger partial charge in [0.25, 0.3) is 5.91 Å². The molecule has 1 aromatic carbocycles. The molecule has 0 spiro atoms. The number of carbonyl (C=O) groups excluding carboxylic acids is 1. The molecule has 6 heteroatoms. The summed E-state index contributed by atoms with van der Waals surface area (Å²) < 4.78 is 19.7. The van der Waals surface area contributed by atoms with Crippen molar-refractivity contribution in [3.8, 4) is 11.1 Å². The second-order valence-electron chi connectivity index (χ2n) is 6.83. The zero-order valence-electron chi connectivity index (χ0n) is 14.6. The highest BCUT2D eigenvalue weighted by molar-refractivity contribution is 6.30. The molecule has 1 aliphatic carbocycles. The molecule has 3 heterocycles. The van der Waals surface area contributed by atoms with E-state index in [4.69, 9.17) is 16.0 Å². The fraction of sp³-hybridized carbons (Fsp3) is 0.143. The third-order valence-corrected chi connectivity index (χ3v) is 5.37. The van der Waals surface area contributed by atoms with Gasteiger partial charge in [0.05, 0.1) is 10.6 Å². The van der Waals surface area contributed by atoms with Crippen LogP contribution in [0, 0.1) is 12.7 Å². The Morgan fingerprint density at radius 1 is 1.22 bits per heavy atom. The maximum Gasteiger partial charge on any atom is 0.260 e. The van der Waals surface area contributed by atoms with Crippen LogP contribution in [0.5, 0.6) is 0 Å². The van der Waals surface area contributed by atoms with Crippen LogP contribution in [-0.4, -0.2) is 10.9 Å². The minimum Gasteiger partial charge on any atom is -0.455 e. The number of aryl methyl sites for hydroxylation is 1. The Hall–Kier alpha value is -2.92. The van der Waals surface area contributed by atoms with Crippen LogP contribution in [0.25, 0.3) is 22.3 Å². The topological polar surface area (TPSA) is 55.1 Å². The number of amides is 1. The summed E-state index contributed by atoms with van der Waals surface area (Å²) in [6.07, 6.45) is 1.71. The molecule has 3 aromatic heterocycles. The van der Waals surface area contributed by atoms with Crippen molar-refractivity contribution >= 4 is 34.4 Å². The highest BCUT2D eigenvalue weighted by Crippen LogP contribution is 2.58. The van der Waals surface area contributed by atoms with Crippen LogP contribution >= 0.6 is 11.6 Å². The van der Waals surface area contributed by atoms with Crippen molar-refractivity contribution in [2.45, 2.75) is 19.8 Å². The Morgan fingerprint density at radius 3 is 2.74 bits per heavy atom. The van der Waals surface area contributed by atoms with Gasteiger partial charge in [-0.3, -0.25) is 9.78 Å². The Morgan fingerprint density at radius 2 is 2.00 bits per heavy atom. The van der Waals surface area contributed by atoms with E-state index in [0.29, 0.717) is 22.8 Å². The molecule has 4 aromatic rings. The fourth-order valence-corrected chi connectivity index (χ4v) is 3.86. The molecule has 4 nitrogen and oxygen atoms in total. The Balaban J connectivity index is 1.62. The van der Waals surface area contributed by atoms with Crippen molar-refractivity contribution in [2.24, 2.45) is 0 Å². The number of nitrogens with zero attached hydrogens (tertiary/aromatic N) is 1. The quantitative estimate of drug-likeness (QED) is 0.492. The molecule has 5 rings (SSSR count). The van der Waals surface area contributed by atoms with Crippen LogP contribution in [0.3, 0.4) is 0 Å². The summed E-state index contributed by atoms with van der Waals surface area (Å²) in [7, 11) is 0. The molecule has 0 saturated carbocycles. The van der Waals surface area contributed by atoms with Crippen LogP contribution in [0.15, 0.2) is 40.9 Å². The monoisotopic (exact) mass is 380 g/mol. The number of rotatable bonds is 3. The molecule has 1 atom stereocenters. The van der Waals surface area contributed by atoms with Crippen molar-refractivity contribution in [3.63, 3.8) is 0 Å². The van der Waals surface area contributed by atoms with Gasteiger partial charge in [0.15, 0.2) is 0 Å². The summed E-state index contributed by atoms with van der Waals surface area (Å²) in [6, 6.07) is 7.97. The van der Waals surface area contributed by atoms with Gasteiger partial charge in [-0.25, -0.2) is 4.39 Å². The summed E-state index contributed by atoms with van der Waals surface area (Å²) in [5.74, 6) is -0.614. The molecular weight excluding hydrogens is 367 g/mol. The Labute approximate surface area is 159 Å². The molecule has 0 unspecified atom stereocenters. The summed E-state index contributed by atoms with van der Waals surface area (Å²) in [5, 5.41) is 2.77. The van der Waals surface area contributed by atoms with E-state index in [-0.39, 0.29) is 10.9 Å². The normalized spacial score (nSPS) is 15.2. The van der Waals surface area contributed by atoms with E-state index in [1.165, 1.54) is 17.7 Å². The first kappa shape index (κ1) is 16.3. The number of aromatic nitrogens is 1. The number of benzene rings is 2. The minimum atomic E-state index is -0.583. The number of carbonyl (C=O) groups is 1. The van der Waals surface area contributed by atoms with Gasteiger partial charge >= 0.3 is 0 Å². The van der Waals surface area contributed by atoms with Crippen LogP contribution in [0.4, 0.5) is 10.1 Å². The summed E-state index contributed by atoms with van der Waals surface area (Å²) in [4.78, 5) is 17.3. The molecule has 0 saturated heterocycles. The van der Waals surface area contributed by atoms with Crippen LogP contribution < -0.4 is 5.32 Å². The summed E-state index contributed by atoms with van der Waals surface area (Å²) in [5.41, 5.74) is 6.95. The third kappa shape index (κ3) is 2.35. The van der Waals surface area contributed by atoms with Gasteiger partial charge in [0.1, 0.15) is 17.0 Å². The van der Waals surface area contributed by atoms with E-state index in [9.17, 15) is 9.18 Å². The van der Waals surface area contributed by atoms with Gasteiger partial charge in [0.2, 0.25) is 0 Å². The lowest BCUT2D eigenvalue weighted by Gasteiger charge is -2.08. The third-order valence-electron chi connectivity index (χ3n) is 5.06. The SMILES string of the molecule is Cc1cc(-c2c(C(=O)Nc3ccc(Cl)c(F)c3)c3oc2c2c3[C@@H]2C)ccn1.